The molecule has 5 rings (SSSR count). The zero-order chi connectivity index (χ0) is 27.2. The number of hydrogen-bond acceptors (Lipinski definition) is 7. The fourth-order valence-electron chi connectivity index (χ4n) is 6.18. The van der Waals surface area contributed by atoms with E-state index < -0.39 is 10.0 Å². The van der Waals surface area contributed by atoms with E-state index in [1.165, 1.54) is 0 Å². The number of aryl methyl sites for hydroxylation is 1. The third kappa shape index (κ3) is 5.65. The molecule has 0 aliphatic carbocycles. The highest BCUT2D eigenvalue weighted by Crippen LogP contribution is 2.34. The molecule has 206 valence electrons. The van der Waals surface area contributed by atoms with E-state index >= 15 is 0 Å². The molecule has 2 fully saturated rings. The lowest BCUT2D eigenvalue weighted by molar-refractivity contribution is 0.113. The smallest absolute Gasteiger partial charge is 0.209 e. The van der Waals surface area contributed by atoms with Gasteiger partial charge < -0.3 is 4.90 Å². The van der Waals surface area contributed by atoms with Gasteiger partial charge in [0, 0.05) is 35.2 Å². The lowest BCUT2D eigenvalue weighted by Gasteiger charge is -2.43. The Hall–Kier alpha value is -1.98. The molecule has 0 spiro atoms. The van der Waals surface area contributed by atoms with E-state index in [0.717, 1.165) is 67.1 Å². The van der Waals surface area contributed by atoms with E-state index in [0.29, 0.717) is 28.4 Å². The Bertz CT molecular complexity index is 1430. The van der Waals surface area contributed by atoms with Crippen LogP contribution >= 0.6 is 23.2 Å². The number of hydrogen-bond donors (Lipinski definition) is 1. The van der Waals surface area contributed by atoms with Crippen LogP contribution in [0.4, 0.5) is 5.82 Å². The number of anilines is 1. The highest BCUT2D eigenvalue weighted by molar-refractivity contribution is 7.89. The van der Waals surface area contributed by atoms with Gasteiger partial charge in [0.05, 0.1) is 23.7 Å². The molecule has 2 aromatic heterocycles. The normalized spacial score (nSPS) is 23.8. The summed E-state index contributed by atoms with van der Waals surface area (Å²) in [6.45, 7) is 9.00. The van der Waals surface area contributed by atoms with Gasteiger partial charge in [-0.15, -0.1) is 0 Å². The Balaban J connectivity index is 1.35. The molecule has 1 unspecified atom stereocenters. The summed E-state index contributed by atoms with van der Waals surface area (Å²) in [6, 6.07) is 6.06. The first-order chi connectivity index (χ1) is 18.0. The second-order valence-electron chi connectivity index (χ2n) is 10.7. The van der Waals surface area contributed by atoms with Crippen molar-refractivity contribution in [3.8, 4) is 0 Å². The number of rotatable bonds is 7. The first-order valence-corrected chi connectivity index (χ1v) is 15.7. The van der Waals surface area contributed by atoms with Crippen molar-refractivity contribution in [2.24, 2.45) is 11.1 Å². The molecule has 0 amide bonds. The number of piperidine rings is 1. The van der Waals surface area contributed by atoms with E-state index in [1.807, 2.05) is 36.9 Å². The van der Waals surface area contributed by atoms with Crippen molar-refractivity contribution in [3.63, 3.8) is 0 Å². The number of primary sulfonamides is 1. The number of nitrogens with zero attached hydrogens (tertiary/aromatic N) is 6. The zero-order valence-corrected chi connectivity index (χ0v) is 24.3. The Morgan fingerprint density at radius 2 is 2.00 bits per heavy atom. The predicted octanol–water partition coefficient (Wildman–Crippen LogP) is 4.41. The van der Waals surface area contributed by atoms with Crippen LogP contribution in [0.1, 0.15) is 56.8 Å². The topological polar surface area (TPSA) is 110 Å². The number of fused-ring (bicyclic) bond motifs is 1. The summed E-state index contributed by atoms with van der Waals surface area (Å²) in [7, 11) is -3.44. The van der Waals surface area contributed by atoms with Crippen molar-refractivity contribution in [3.05, 3.63) is 45.7 Å². The summed E-state index contributed by atoms with van der Waals surface area (Å²) in [5.41, 5.74) is 3.26. The van der Waals surface area contributed by atoms with E-state index in [4.69, 9.17) is 43.4 Å². The molecule has 0 radical (unpaired) electrons. The second-order valence-corrected chi connectivity index (χ2v) is 13.3. The van der Waals surface area contributed by atoms with Gasteiger partial charge in [0.25, 0.3) is 0 Å². The monoisotopic (exact) mass is 579 g/mol. The maximum Gasteiger partial charge on any atom is 0.209 e. The molecule has 9 nitrogen and oxygen atoms in total. The first-order valence-electron chi connectivity index (χ1n) is 13.2. The van der Waals surface area contributed by atoms with Crippen LogP contribution in [-0.2, 0) is 10.0 Å². The van der Waals surface area contributed by atoms with Gasteiger partial charge in [-0.2, -0.15) is 5.10 Å². The Kier molecular flexibility index (Phi) is 7.90. The van der Waals surface area contributed by atoms with Crippen LogP contribution < -0.4 is 10.0 Å². The minimum absolute atomic E-state index is 0.0454. The van der Waals surface area contributed by atoms with Crippen LogP contribution in [0.15, 0.2) is 24.4 Å². The molecule has 0 bridgehead atoms. The second kappa shape index (κ2) is 10.9. The van der Waals surface area contributed by atoms with Crippen LogP contribution in [0.25, 0.3) is 11.2 Å². The summed E-state index contributed by atoms with van der Waals surface area (Å²) in [4.78, 5) is 14.6. The molecule has 0 saturated carbocycles. The minimum Gasteiger partial charge on any atom is -0.355 e. The molecule has 1 aromatic carbocycles. The van der Waals surface area contributed by atoms with Gasteiger partial charge in [-0.25, -0.2) is 28.2 Å². The van der Waals surface area contributed by atoms with E-state index in [-0.39, 0.29) is 17.8 Å². The predicted molar refractivity (Wildman–Crippen MR) is 152 cm³/mol. The highest BCUT2D eigenvalue weighted by atomic mass is 35.5. The van der Waals surface area contributed by atoms with Crippen molar-refractivity contribution in [1.82, 2.24) is 24.6 Å². The SMILES string of the molecule is Cc1nn([C@H](C)c2ccc(Cl)cc2Cl)c2nc(N3CC[C@H](N4CCCC4CCS(N)(=O)=O)[C@H](C)C3)cnc12. The Morgan fingerprint density at radius 3 is 2.71 bits per heavy atom. The van der Waals surface area contributed by atoms with Crippen molar-refractivity contribution in [2.75, 3.05) is 30.3 Å². The molecule has 2 saturated heterocycles. The Labute approximate surface area is 234 Å². The molecule has 4 heterocycles. The van der Waals surface area contributed by atoms with Crippen molar-refractivity contribution in [1.29, 1.82) is 0 Å². The molecule has 2 aliphatic heterocycles. The van der Waals surface area contributed by atoms with E-state index in [1.54, 1.807) is 6.07 Å². The largest absolute Gasteiger partial charge is 0.355 e. The number of sulfonamides is 1. The maximum absolute atomic E-state index is 11.5. The van der Waals surface area contributed by atoms with E-state index in [2.05, 4.69) is 16.7 Å². The molecular weight excluding hydrogens is 545 g/mol. The van der Waals surface area contributed by atoms with E-state index in [9.17, 15) is 8.42 Å². The van der Waals surface area contributed by atoms with Gasteiger partial charge in [0.15, 0.2) is 5.65 Å². The Morgan fingerprint density at radius 1 is 1.21 bits per heavy atom. The van der Waals surface area contributed by atoms with Gasteiger partial charge in [-0.05, 0) is 69.7 Å². The number of likely N-dealkylation sites (tertiary alicyclic amines) is 1. The molecule has 4 atom stereocenters. The maximum atomic E-state index is 11.5. The van der Waals surface area contributed by atoms with Gasteiger partial charge in [-0.3, -0.25) is 4.90 Å². The lowest BCUT2D eigenvalue weighted by Crippen LogP contribution is -2.52. The molecular formula is C26H35Cl2N7O2S. The molecule has 2 aliphatic rings. The van der Waals surface area contributed by atoms with Gasteiger partial charge in [0.1, 0.15) is 11.3 Å². The van der Waals surface area contributed by atoms with Gasteiger partial charge in [-0.1, -0.05) is 36.2 Å². The van der Waals surface area contributed by atoms with Crippen molar-refractivity contribution >= 4 is 50.2 Å². The van der Waals surface area contributed by atoms with Crippen LogP contribution in [-0.4, -0.2) is 70.5 Å². The lowest BCUT2D eigenvalue weighted by atomic mass is 9.91. The summed E-state index contributed by atoms with van der Waals surface area (Å²) in [5.74, 6) is 1.28. The molecule has 12 heteroatoms. The number of halogens is 2. The van der Waals surface area contributed by atoms with Crippen LogP contribution in [0, 0.1) is 12.8 Å². The number of aromatic nitrogens is 4. The summed E-state index contributed by atoms with van der Waals surface area (Å²) >= 11 is 12.6. The average Bonchev–Trinajstić information content (AvgIpc) is 3.46. The molecule has 38 heavy (non-hydrogen) atoms. The van der Waals surface area contributed by atoms with Crippen LogP contribution in [0.5, 0.6) is 0 Å². The molecule has 2 N–H and O–H groups in total. The van der Waals surface area contributed by atoms with Crippen molar-refractivity contribution in [2.45, 2.75) is 64.6 Å². The summed E-state index contributed by atoms with van der Waals surface area (Å²) in [6.07, 6.45) is 5.57. The third-order valence-corrected chi connectivity index (χ3v) is 9.47. The highest BCUT2D eigenvalue weighted by Gasteiger charge is 2.37. The molecule has 3 aromatic rings. The first kappa shape index (κ1) is 27.6. The summed E-state index contributed by atoms with van der Waals surface area (Å²) in [5, 5.41) is 11.2. The average molecular weight is 581 g/mol. The zero-order valence-electron chi connectivity index (χ0n) is 22.0. The van der Waals surface area contributed by atoms with Crippen LogP contribution in [0.2, 0.25) is 10.0 Å². The fourth-order valence-corrected chi connectivity index (χ4v) is 7.34. The fraction of sp³-hybridized carbons (Fsp3) is 0.577. The summed E-state index contributed by atoms with van der Waals surface area (Å²) < 4.78 is 25.0. The van der Waals surface area contributed by atoms with Gasteiger partial charge >= 0.3 is 0 Å². The third-order valence-electron chi connectivity index (χ3n) is 8.11. The van der Waals surface area contributed by atoms with Crippen LogP contribution in [0.3, 0.4) is 0 Å². The number of nitrogens with two attached hydrogens (primary N) is 1. The van der Waals surface area contributed by atoms with Crippen molar-refractivity contribution < 1.29 is 8.42 Å². The minimum atomic E-state index is -3.44. The number of benzene rings is 1. The standard InChI is InChI=1S/C26H35Cl2N7O2S/c1-16-15-33(11-8-23(16)34-10-4-5-20(34)9-12-38(29,36)37)24-14-30-25-17(2)32-35(26(25)31-24)18(3)21-7-6-19(27)13-22(21)28/h6-7,13-14,16,18,20,23H,4-5,8-12,15H2,1-3H3,(H2,29,36,37)/t16-,18-,20?,23+/m1/s1. The quantitative estimate of drug-likeness (QED) is 0.441. The van der Waals surface area contributed by atoms with Gasteiger partial charge in [0.2, 0.25) is 10.0 Å².